The van der Waals surface area contributed by atoms with E-state index in [9.17, 15) is 0 Å². The first-order chi connectivity index (χ1) is 6.24. The van der Waals surface area contributed by atoms with Crippen molar-refractivity contribution in [3.05, 3.63) is 16.1 Å². The molecule has 0 N–H and O–H groups in total. The van der Waals surface area contributed by atoms with E-state index in [1.165, 1.54) is 17.0 Å². The Hall–Kier alpha value is 0.0200. The van der Waals surface area contributed by atoms with E-state index < -0.39 is 0 Å². The van der Waals surface area contributed by atoms with Crippen LogP contribution in [0, 0.1) is 6.92 Å². The number of hydrogen-bond acceptors (Lipinski definition) is 3. The Balaban J connectivity index is 2.30. The minimum atomic E-state index is 1.11. The molecule has 0 aromatic carbocycles. The maximum atomic E-state index is 4.23. The largest absolute Gasteiger partial charge is 0.287 e. The predicted molar refractivity (Wildman–Crippen MR) is 62.1 cm³/mol. The van der Waals surface area contributed by atoms with Gasteiger partial charge in [-0.1, -0.05) is 16.3 Å². The molecule has 0 radical (unpaired) electrons. The molecule has 0 saturated heterocycles. The fourth-order valence-corrected chi connectivity index (χ4v) is 2.37. The maximum absolute atomic E-state index is 4.23. The minimum absolute atomic E-state index is 1.11. The third-order valence-electron chi connectivity index (χ3n) is 1.98. The van der Waals surface area contributed by atoms with Crippen LogP contribution in [-0.4, -0.2) is 22.7 Å². The number of aryl methyl sites for hydroxylation is 1. The van der Waals surface area contributed by atoms with E-state index in [1.54, 1.807) is 11.3 Å². The average Bonchev–Trinajstić information content (AvgIpc) is 2.48. The van der Waals surface area contributed by atoms with Crippen molar-refractivity contribution >= 4 is 20.7 Å². The van der Waals surface area contributed by atoms with Crippen LogP contribution >= 0.6 is 20.7 Å². The molecule has 0 spiro atoms. The Morgan fingerprint density at radius 3 is 2.85 bits per heavy atom. The molecule has 2 nitrogen and oxygen atoms in total. The molecular weight excluding hydrogens is 199 g/mol. The normalized spacial score (nSPS) is 11.1. The zero-order valence-corrected chi connectivity index (χ0v) is 10.3. The average molecular weight is 216 g/mol. The smallest absolute Gasteiger partial charge is 0.0797 e. The summed E-state index contributed by atoms with van der Waals surface area (Å²) >= 11 is 1.76. The van der Waals surface area contributed by atoms with Gasteiger partial charge in [0.1, 0.15) is 0 Å². The van der Waals surface area contributed by atoms with Crippen molar-refractivity contribution in [1.29, 1.82) is 0 Å². The lowest BCUT2D eigenvalue weighted by atomic mass is 10.3. The van der Waals surface area contributed by atoms with E-state index in [-0.39, 0.29) is 0 Å². The molecule has 0 bridgehead atoms. The van der Waals surface area contributed by atoms with Gasteiger partial charge in [0.05, 0.1) is 11.2 Å². The summed E-state index contributed by atoms with van der Waals surface area (Å²) in [4.78, 5) is 5.65. The second-order valence-electron chi connectivity index (χ2n) is 3.15. The first kappa shape index (κ1) is 11.1. The summed E-state index contributed by atoms with van der Waals surface area (Å²) in [5, 5.41) is 0. The summed E-state index contributed by atoms with van der Waals surface area (Å²) in [6, 6.07) is 0. The van der Waals surface area contributed by atoms with Gasteiger partial charge >= 0.3 is 0 Å². The zero-order valence-electron chi connectivity index (χ0n) is 8.29. The molecule has 0 amide bonds. The third kappa shape index (κ3) is 3.72. The van der Waals surface area contributed by atoms with Gasteiger partial charge in [-0.05, 0) is 19.8 Å². The van der Waals surface area contributed by atoms with Crippen molar-refractivity contribution in [2.75, 3.05) is 13.1 Å². The maximum Gasteiger partial charge on any atom is 0.0797 e. The zero-order chi connectivity index (χ0) is 9.68. The molecule has 0 fully saturated rings. The fraction of sp³-hybridized carbons (Fsp3) is 0.667. The molecule has 1 aromatic heterocycles. The fourth-order valence-electron chi connectivity index (χ4n) is 1.21. The summed E-state index contributed by atoms with van der Waals surface area (Å²) in [5.74, 6) is 0. The summed E-state index contributed by atoms with van der Waals surface area (Å²) in [6.45, 7) is 6.55. The second-order valence-corrected chi connectivity index (χ2v) is 4.82. The topological polar surface area (TPSA) is 16.1 Å². The minimum Gasteiger partial charge on any atom is -0.287 e. The Morgan fingerprint density at radius 1 is 1.54 bits per heavy atom. The highest BCUT2D eigenvalue weighted by molar-refractivity contribution is 7.13. The van der Waals surface area contributed by atoms with Crippen LogP contribution < -0.4 is 0 Å². The Morgan fingerprint density at radius 2 is 2.31 bits per heavy atom. The van der Waals surface area contributed by atoms with Crippen LogP contribution in [0.15, 0.2) is 5.51 Å². The molecule has 1 rings (SSSR count). The number of hydrogen-bond donors (Lipinski definition) is 0. The lowest BCUT2D eigenvalue weighted by molar-refractivity contribution is 0.473. The molecule has 0 aliphatic rings. The lowest BCUT2D eigenvalue weighted by Crippen LogP contribution is -2.15. The van der Waals surface area contributed by atoms with Crippen LogP contribution in [0.4, 0.5) is 0 Å². The monoisotopic (exact) mass is 216 g/mol. The molecule has 1 atom stereocenters. The standard InChI is InChI=1S/C9H17N2PS/c1-3-5-11(12)6-4-9-8(2)10-7-13-9/h7H,3-6,12H2,1-2H3. The molecular formula is C9H17N2PS. The van der Waals surface area contributed by atoms with Crippen molar-refractivity contribution in [3.63, 3.8) is 0 Å². The highest BCUT2D eigenvalue weighted by Crippen LogP contribution is 2.14. The van der Waals surface area contributed by atoms with E-state index >= 15 is 0 Å². The van der Waals surface area contributed by atoms with Crippen molar-refractivity contribution in [2.45, 2.75) is 26.7 Å². The van der Waals surface area contributed by atoms with Gasteiger partial charge in [0.15, 0.2) is 0 Å². The van der Waals surface area contributed by atoms with E-state index in [1.807, 2.05) is 5.51 Å². The molecule has 4 heteroatoms. The third-order valence-corrected chi connectivity index (χ3v) is 3.49. The van der Waals surface area contributed by atoms with Crippen molar-refractivity contribution in [2.24, 2.45) is 0 Å². The van der Waals surface area contributed by atoms with Gasteiger partial charge in [0.2, 0.25) is 0 Å². The molecule has 0 saturated carbocycles. The number of rotatable bonds is 5. The van der Waals surface area contributed by atoms with Gasteiger partial charge in [-0.3, -0.25) is 4.67 Å². The summed E-state index contributed by atoms with van der Waals surface area (Å²) in [6.07, 6.45) is 2.34. The first-order valence-corrected chi connectivity index (χ1v) is 6.02. The van der Waals surface area contributed by atoms with Crippen molar-refractivity contribution in [3.8, 4) is 0 Å². The van der Waals surface area contributed by atoms with Crippen LogP contribution in [0.5, 0.6) is 0 Å². The van der Waals surface area contributed by atoms with Gasteiger partial charge in [-0.15, -0.1) is 11.3 Å². The van der Waals surface area contributed by atoms with E-state index in [2.05, 4.69) is 32.9 Å². The Labute approximate surface area is 86.6 Å². The van der Waals surface area contributed by atoms with Crippen molar-refractivity contribution < 1.29 is 0 Å². The van der Waals surface area contributed by atoms with Gasteiger partial charge in [-0.2, -0.15) is 0 Å². The highest BCUT2D eigenvalue weighted by atomic mass is 32.1. The van der Waals surface area contributed by atoms with Crippen LogP contribution in [0.2, 0.25) is 0 Å². The molecule has 1 unspecified atom stereocenters. The molecule has 13 heavy (non-hydrogen) atoms. The van der Waals surface area contributed by atoms with E-state index in [0.29, 0.717) is 0 Å². The predicted octanol–water partition coefficient (Wildman–Crippen LogP) is 2.50. The molecule has 0 aliphatic heterocycles. The number of thiazole rings is 1. The first-order valence-electron chi connectivity index (χ1n) is 4.62. The van der Waals surface area contributed by atoms with Gasteiger partial charge in [0, 0.05) is 18.0 Å². The highest BCUT2D eigenvalue weighted by Gasteiger charge is 2.02. The number of nitrogens with zero attached hydrogens (tertiary/aromatic N) is 2. The van der Waals surface area contributed by atoms with Gasteiger partial charge in [0.25, 0.3) is 0 Å². The summed E-state index contributed by atoms with van der Waals surface area (Å²) in [7, 11) is 2.78. The Bertz CT molecular complexity index is 250. The quantitative estimate of drug-likeness (QED) is 0.703. The molecule has 1 heterocycles. The lowest BCUT2D eigenvalue weighted by Gasteiger charge is -2.13. The van der Waals surface area contributed by atoms with Crippen LogP contribution in [0.3, 0.4) is 0 Å². The molecule has 0 aliphatic carbocycles. The van der Waals surface area contributed by atoms with E-state index in [0.717, 1.165) is 19.5 Å². The van der Waals surface area contributed by atoms with Gasteiger partial charge in [-0.25, -0.2) is 4.98 Å². The number of aromatic nitrogens is 1. The van der Waals surface area contributed by atoms with Gasteiger partial charge < -0.3 is 0 Å². The second kappa shape index (κ2) is 5.69. The molecule has 1 aromatic rings. The van der Waals surface area contributed by atoms with Crippen LogP contribution in [0.1, 0.15) is 23.9 Å². The summed E-state index contributed by atoms with van der Waals surface area (Å²) < 4.78 is 2.29. The molecule has 74 valence electrons. The summed E-state index contributed by atoms with van der Waals surface area (Å²) in [5.41, 5.74) is 3.12. The van der Waals surface area contributed by atoms with Crippen molar-refractivity contribution in [1.82, 2.24) is 9.65 Å². The SMILES string of the molecule is CCCN(P)CCc1scnc1C. The van der Waals surface area contributed by atoms with Crippen LogP contribution in [0.25, 0.3) is 0 Å². The van der Waals surface area contributed by atoms with Crippen LogP contribution in [-0.2, 0) is 6.42 Å². The van der Waals surface area contributed by atoms with E-state index in [4.69, 9.17) is 0 Å². The Kier molecular flexibility index (Phi) is 4.86.